The number of nitrogens with zero attached hydrogens (tertiary/aromatic N) is 1. The zero-order chi connectivity index (χ0) is 23.9. The Labute approximate surface area is 198 Å². The Morgan fingerprint density at radius 2 is 1.65 bits per heavy atom. The van der Waals surface area contributed by atoms with E-state index in [1.807, 2.05) is 4.90 Å². The van der Waals surface area contributed by atoms with Crippen LogP contribution in [0.5, 0.6) is 0 Å². The summed E-state index contributed by atoms with van der Waals surface area (Å²) in [7, 11) is 0. The molecule has 176 valence electrons. The van der Waals surface area contributed by atoms with Crippen molar-refractivity contribution >= 4 is 34.8 Å². The fourth-order valence-corrected chi connectivity index (χ4v) is 3.79. The molecule has 8 heteroatoms. The molecule has 1 aromatic heterocycles. The van der Waals surface area contributed by atoms with E-state index >= 15 is 0 Å². The lowest BCUT2D eigenvalue weighted by Crippen LogP contribution is -2.37. The Balaban J connectivity index is 1.26. The third kappa shape index (κ3) is 6.04. The number of hydrogen-bond acceptors (Lipinski definition) is 5. The largest absolute Gasteiger partial charge is 0.459 e. The summed E-state index contributed by atoms with van der Waals surface area (Å²) in [6.07, 6.45) is 3.50. The number of anilines is 3. The first-order chi connectivity index (χ1) is 16.5. The van der Waals surface area contributed by atoms with Gasteiger partial charge in [0.05, 0.1) is 12.8 Å². The number of nitrogens with one attached hydrogen (secondary N) is 3. The van der Waals surface area contributed by atoms with Gasteiger partial charge in [0.2, 0.25) is 5.91 Å². The van der Waals surface area contributed by atoms with Crippen LogP contribution in [0.25, 0.3) is 0 Å². The number of furan rings is 1. The lowest BCUT2D eigenvalue weighted by molar-refractivity contribution is -0.114. The van der Waals surface area contributed by atoms with Crippen LogP contribution in [0.1, 0.15) is 40.7 Å². The van der Waals surface area contributed by atoms with Crippen molar-refractivity contribution in [2.75, 3.05) is 35.6 Å². The standard InChI is InChI=1S/C26H28N4O4/c1-18-11-13-30(14-12-18)26(33)19-7-9-20(10-8-19)28-24(31)17-27-21-4-2-5-22(16-21)29-25(32)23-6-3-15-34-23/h2-10,15-16,18,27H,11-14,17H2,1H3,(H,28,31)(H,29,32). The molecule has 3 aromatic rings. The molecule has 0 radical (unpaired) electrons. The van der Waals surface area contributed by atoms with E-state index in [1.54, 1.807) is 60.7 Å². The van der Waals surface area contributed by atoms with Gasteiger partial charge in [-0.1, -0.05) is 13.0 Å². The number of likely N-dealkylation sites (tertiary alicyclic amines) is 1. The van der Waals surface area contributed by atoms with Crippen LogP contribution in [0, 0.1) is 5.92 Å². The maximum absolute atomic E-state index is 12.7. The highest BCUT2D eigenvalue weighted by Gasteiger charge is 2.21. The highest BCUT2D eigenvalue weighted by molar-refractivity contribution is 6.02. The Morgan fingerprint density at radius 1 is 0.912 bits per heavy atom. The molecule has 8 nitrogen and oxygen atoms in total. The molecule has 0 spiro atoms. The fourth-order valence-electron chi connectivity index (χ4n) is 3.79. The van der Waals surface area contributed by atoms with Gasteiger partial charge in [0.25, 0.3) is 11.8 Å². The van der Waals surface area contributed by atoms with Crippen molar-refractivity contribution < 1.29 is 18.8 Å². The van der Waals surface area contributed by atoms with Gasteiger partial charge in [-0.2, -0.15) is 0 Å². The first-order valence-corrected chi connectivity index (χ1v) is 11.4. The number of benzene rings is 2. The van der Waals surface area contributed by atoms with Gasteiger partial charge in [0.1, 0.15) is 0 Å². The quantitative estimate of drug-likeness (QED) is 0.483. The zero-order valence-electron chi connectivity index (χ0n) is 19.0. The van der Waals surface area contributed by atoms with Crippen LogP contribution in [-0.4, -0.2) is 42.3 Å². The molecule has 2 heterocycles. The van der Waals surface area contributed by atoms with E-state index in [0.717, 1.165) is 25.9 Å². The lowest BCUT2D eigenvalue weighted by Gasteiger charge is -2.30. The van der Waals surface area contributed by atoms with Gasteiger partial charge in [-0.05, 0) is 73.4 Å². The van der Waals surface area contributed by atoms with Crippen molar-refractivity contribution in [3.8, 4) is 0 Å². The minimum atomic E-state index is -0.350. The van der Waals surface area contributed by atoms with Gasteiger partial charge >= 0.3 is 0 Å². The highest BCUT2D eigenvalue weighted by Crippen LogP contribution is 2.20. The van der Waals surface area contributed by atoms with Crippen LogP contribution in [0.15, 0.2) is 71.3 Å². The van der Waals surface area contributed by atoms with Crippen LogP contribution in [0.3, 0.4) is 0 Å². The van der Waals surface area contributed by atoms with Crippen molar-refractivity contribution in [2.24, 2.45) is 5.92 Å². The van der Waals surface area contributed by atoms with E-state index in [9.17, 15) is 14.4 Å². The van der Waals surface area contributed by atoms with Crippen LogP contribution in [0.4, 0.5) is 17.1 Å². The third-order valence-corrected chi connectivity index (χ3v) is 5.80. The van der Waals surface area contributed by atoms with Crippen molar-refractivity contribution in [3.05, 3.63) is 78.3 Å². The molecule has 1 aliphatic heterocycles. The second kappa shape index (κ2) is 10.7. The van der Waals surface area contributed by atoms with Gasteiger partial charge in [0, 0.05) is 35.7 Å². The molecule has 0 saturated carbocycles. The fraction of sp³-hybridized carbons (Fsp3) is 0.269. The van der Waals surface area contributed by atoms with Crippen LogP contribution >= 0.6 is 0 Å². The second-order valence-electron chi connectivity index (χ2n) is 8.47. The summed E-state index contributed by atoms with van der Waals surface area (Å²) < 4.78 is 5.09. The number of amides is 3. The number of carbonyl (C=O) groups excluding carboxylic acids is 3. The summed E-state index contributed by atoms with van der Waals surface area (Å²) in [5.74, 6) is 0.338. The van der Waals surface area contributed by atoms with Crippen molar-refractivity contribution in [1.29, 1.82) is 0 Å². The minimum Gasteiger partial charge on any atom is -0.459 e. The number of hydrogen-bond donors (Lipinski definition) is 3. The van der Waals surface area contributed by atoms with E-state index in [-0.39, 0.29) is 30.0 Å². The first-order valence-electron chi connectivity index (χ1n) is 11.4. The summed E-state index contributed by atoms with van der Waals surface area (Å²) in [5, 5.41) is 8.61. The summed E-state index contributed by atoms with van der Waals surface area (Å²) in [5.41, 5.74) is 2.51. The molecule has 0 unspecified atom stereocenters. The summed E-state index contributed by atoms with van der Waals surface area (Å²) in [6.45, 7) is 3.84. The molecule has 34 heavy (non-hydrogen) atoms. The first kappa shape index (κ1) is 23.1. The summed E-state index contributed by atoms with van der Waals surface area (Å²) in [4.78, 5) is 39.0. The molecule has 1 saturated heterocycles. The van der Waals surface area contributed by atoms with Crippen molar-refractivity contribution in [1.82, 2.24) is 4.90 Å². The van der Waals surface area contributed by atoms with Crippen LogP contribution in [0.2, 0.25) is 0 Å². The monoisotopic (exact) mass is 460 g/mol. The average molecular weight is 461 g/mol. The number of carbonyl (C=O) groups is 3. The van der Waals surface area contributed by atoms with E-state index < -0.39 is 0 Å². The third-order valence-electron chi connectivity index (χ3n) is 5.80. The molecule has 0 atom stereocenters. The molecule has 0 bridgehead atoms. The van der Waals surface area contributed by atoms with E-state index in [0.29, 0.717) is 28.5 Å². The smallest absolute Gasteiger partial charge is 0.291 e. The molecule has 1 aliphatic rings. The van der Waals surface area contributed by atoms with Gasteiger partial charge in [-0.25, -0.2) is 0 Å². The van der Waals surface area contributed by atoms with Gasteiger partial charge < -0.3 is 25.3 Å². The van der Waals surface area contributed by atoms with Gasteiger partial charge in [-0.15, -0.1) is 0 Å². The van der Waals surface area contributed by atoms with Crippen molar-refractivity contribution in [3.63, 3.8) is 0 Å². The van der Waals surface area contributed by atoms with Crippen LogP contribution in [-0.2, 0) is 4.79 Å². The highest BCUT2D eigenvalue weighted by atomic mass is 16.3. The Bertz CT molecular complexity index is 1130. The Kier molecular flexibility index (Phi) is 7.27. The molecule has 4 rings (SSSR count). The SMILES string of the molecule is CC1CCN(C(=O)c2ccc(NC(=O)CNc3cccc(NC(=O)c4ccco4)c3)cc2)CC1. The summed E-state index contributed by atoms with van der Waals surface area (Å²) in [6, 6.07) is 17.3. The Hall–Kier alpha value is -4.07. The molecule has 3 N–H and O–H groups in total. The van der Waals surface area contributed by atoms with Gasteiger partial charge in [-0.3, -0.25) is 14.4 Å². The maximum atomic E-state index is 12.7. The predicted molar refractivity (Wildman–Crippen MR) is 131 cm³/mol. The van der Waals surface area contributed by atoms with E-state index in [4.69, 9.17) is 4.42 Å². The molecule has 1 fully saturated rings. The van der Waals surface area contributed by atoms with E-state index in [1.165, 1.54) is 6.26 Å². The normalized spacial score (nSPS) is 13.9. The Morgan fingerprint density at radius 3 is 2.35 bits per heavy atom. The van der Waals surface area contributed by atoms with Crippen LogP contribution < -0.4 is 16.0 Å². The topological polar surface area (TPSA) is 104 Å². The van der Waals surface area contributed by atoms with Gasteiger partial charge in [0.15, 0.2) is 5.76 Å². The minimum absolute atomic E-state index is 0.0328. The number of piperidine rings is 1. The molecular weight excluding hydrogens is 432 g/mol. The molecule has 0 aliphatic carbocycles. The molecule has 3 amide bonds. The molecule has 2 aromatic carbocycles. The lowest BCUT2D eigenvalue weighted by atomic mass is 9.98. The molecular formula is C26H28N4O4. The summed E-state index contributed by atoms with van der Waals surface area (Å²) >= 11 is 0. The maximum Gasteiger partial charge on any atom is 0.291 e. The van der Waals surface area contributed by atoms with E-state index in [2.05, 4.69) is 22.9 Å². The second-order valence-corrected chi connectivity index (χ2v) is 8.47. The zero-order valence-corrected chi connectivity index (χ0v) is 19.0. The average Bonchev–Trinajstić information content (AvgIpc) is 3.39. The predicted octanol–water partition coefficient (Wildman–Crippen LogP) is 4.45. The van der Waals surface area contributed by atoms with Crippen molar-refractivity contribution in [2.45, 2.75) is 19.8 Å². The number of rotatable bonds is 7.